The van der Waals surface area contributed by atoms with Crippen LogP contribution in [0.2, 0.25) is 0 Å². The Hall–Kier alpha value is -0.790. The van der Waals surface area contributed by atoms with E-state index < -0.39 is 0 Å². The maximum Gasteiger partial charge on any atom is 0.226 e. The van der Waals surface area contributed by atoms with E-state index in [4.69, 9.17) is 0 Å². The highest BCUT2D eigenvalue weighted by Gasteiger charge is 2.43. The molecule has 1 amide bonds. The molecule has 2 unspecified atom stereocenters. The Morgan fingerprint density at radius 3 is 2.45 bits per heavy atom. The summed E-state index contributed by atoms with van der Waals surface area (Å²) in [4.78, 5) is 14.6. The van der Waals surface area contributed by atoms with Crippen molar-refractivity contribution in [3.63, 3.8) is 0 Å². The molecule has 0 radical (unpaired) electrons. The highest BCUT2D eigenvalue weighted by Crippen LogP contribution is 2.44. The number of allylic oxidation sites excluding steroid dienone is 2. The molecule has 0 saturated heterocycles. The summed E-state index contributed by atoms with van der Waals surface area (Å²) >= 11 is 0. The minimum Gasteiger partial charge on any atom is -0.337 e. The van der Waals surface area contributed by atoms with Gasteiger partial charge in [0, 0.05) is 18.0 Å². The third-order valence-corrected chi connectivity index (χ3v) is 4.59. The van der Waals surface area contributed by atoms with Gasteiger partial charge in [-0.15, -0.1) is 0 Å². The monoisotopic (exact) mass is 277 g/mol. The van der Waals surface area contributed by atoms with Crippen LogP contribution in [0.1, 0.15) is 66.2 Å². The molecule has 0 aromatic heterocycles. The quantitative estimate of drug-likeness (QED) is 0.631. The topological polar surface area (TPSA) is 20.3 Å². The molecule has 2 saturated carbocycles. The van der Waals surface area contributed by atoms with Crippen molar-refractivity contribution in [2.75, 3.05) is 6.54 Å². The van der Waals surface area contributed by atoms with Gasteiger partial charge in [0.25, 0.3) is 0 Å². The first-order chi connectivity index (χ1) is 9.43. The average molecular weight is 277 g/mol. The van der Waals surface area contributed by atoms with Crippen LogP contribution in [0.3, 0.4) is 0 Å². The first-order valence-corrected chi connectivity index (χ1v) is 8.40. The van der Waals surface area contributed by atoms with Gasteiger partial charge in [0.15, 0.2) is 0 Å². The Kier molecular flexibility index (Phi) is 4.93. The number of hydrogen-bond acceptors (Lipinski definition) is 1. The fourth-order valence-electron chi connectivity index (χ4n) is 2.96. The van der Waals surface area contributed by atoms with Crippen molar-refractivity contribution in [2.45, 2.75) is 71.8 Å². The molecule has 2 aliphatic rings. The third-order valence-electron chi connectivity index (χ3n) is 4.59. The van der Waals surface area contributed by atoms with Crippen LogP contribution in [0.5, 0.6) is 0 Å². The van der Waals surface area contributed by atoms with Crippen LogP contribution in [0, 0.1) is 17.8 Å². The lowest BCUT2D eigenvalue weighted by atomic mass is 10.0. The van der Waals surface area contributed by atoms with Crippen molar-refractivity contribution >= 4 is 5.91 Å². The first kappa shape index (κ1) is 15.6. The maximum atomic E-state index is 12.4. The molecule has 0 aromatic rings. The lowest BCUT2D eigenvalue weighted by Crippen LogP contribution is -2.47. The Balaban J connectivity index is 1.78. The minimum atomic E-state index is -0.0189. The van der Waals surface area contributed by atoms with Gasteiger partial charge in [0.2, 0.25) is 5.91 Å². The van der Waals surface area contributed by atoms with E-state index in [1.807, 2.05) is 0 Å². The van der Waals surface area contributed by atoms with Gasteiger partial charge in [-0.2, -0.15) is 0 Å². The molecule has 0 aromatic carbocycles. The van der Waals surface area contributed by atoms with Crippen LogP contribution in [-0.2, 0) is 4.79 Å². The maximum absolute atomic E-state index is 12.4. The fraction of sp³-hybridized carbons (Fsp3) is 0.833. The molecule has 2 nitrogen and oxygen atoms in total. The van der Waals surface area contributed by atoms with Crippen molar-refractivity contribution < 1.29 is 4.79 Å². The largest absolute Gasteiger partial charge is 0.337 e. The van der Waals surface area contributed by atoms with E-state index in [9.17, 15) is 4.79 Å². The molecule has 2 rings (SSSR count). The normalized spacial score (nSPS) is 26.0. The third kappa shape index (κ3) is 4.36. The van der Waals surface area contributed by atoms with E-state index >= 15 is 0 Å². The lowest BCUT2D eigenvalue weighted by molar-refractivity contribution is -0.137. The fourth-order valence-corrected chi connectivity index (χ4v) is 2.96. The molecule has 0 heterocycles. The van der Waals surface area contributed by atoms with Crippen LogP contribution >= 0.6 is 0 Å². The highest BCUT2D eigenvalue weighted by molar-refractivity contribution is 5.81. The standard InChI is InChI=1S/C18H31NO/c1-5-6-7-8-9-15-12-16(15)13-19(18(2,3)4)17(20)14-10-11-14/h6-7,14-16H,5,8-13H2,1-4H3. The van der Waals surface area contributed by atoms with Gasteiger partial charge in [-0.25, -0.2) is 0 Å². The minimum absolute atomic E-state index is 0.0189. The molecule has 0 aliphatic heterocycles. The Bertz CT molecular complexity index is 362. The molecule has 0 N–H and O–H groups in total. The molecule has 0 spiro atoms. The van der Waals surface area contributed by atoms with E-state index in [2.05, 4.69) is 44.7 Å². The van der Waals surface area contributed by atoms with E-state index in [0.29, 0.717) is 11.8 Å². The molecular weight excluding hydrogens is 246 g/mol. The van der Waals surface area contributed by atoms with E-state index in [1.54, 1.807) is 0 Å². The number of carbonyl (C=O) groups is 1. The van der Waals surface area contributed by atoms with Gasteiger partial charge in [-0.3, -0.25) is 4.79 Å². The van der Waals surface area contributed by atoms with Crippen LogP contribution in [0.25, 0.3) is 0 Å². The second kappa shape index (κ2) is 6.32. The van der Waals surface area contributed by atoms with Gasteiger partial charge in [-0.05, 0) is 71.1 Å². The van der Waals surface area contributed by atoms with Gasteiger partial charge >= 0.3 is 0 Å². The summed E-state index contributed by atoms with van der Waals surface area (Å²) in [7, 11) is 0. The molecule has 114 valence electrons. The number of nitrogens with zero attached hydrogens (tertiary/aromatic N) is 1. The molecule has 0 bridgehead atoms. The molecule has 20 heavy (non-hydrogen) atoms. The summed E-state index contributed by atoms with van der Waals surface area (Å²) in [5, 5.41) is 0. The van der Waals surface area contributed by atoms with Crippen LogP contribution in [-0.4, -0.2) is 22.9 Å². The van der Waals surface area contributed by atoms with Crippen molar-refractivity contribution in [3.05, 3.63) is 12.2 Å². The summed E-state index contributed by atoms with van der Waals surface area (Å²) in [6.45, 7) is 9.69. The van der Waals surface area contributed by atoms with Crippen molar-refractivity contribution in [1.82, 2.24) is 4.90 Å². The number of amides is 1. The number of hydrogen-bond donors (Lipinski definition) is 0. The van der Waals surface area contributed by atoms with Crippen LogP contribution < -0.4 is 0 Å². The van der Waals surface area contributed by atoms with Crippen molar-refractivity contribution in [3.8, 4) is 0 Å². The summed E-state index contributed by atoms with van der Waals surface area (Å²) < 4.78 is 0. The van der Waals surface area contributed by atoms with Gasteiger partial charge in [0.05, 0.1) is 0 Å². The molecule has 2 heteroatoms. The molecule has 2 atom stereocenters. The smallest absolute Gasteiger partial charge is 0.226 e. The Morgan fingerprint density at radius 2 is 1.90 bits per heavy atom. The van der Waals surface area contributed by atoms with E-state index in [0.717, 1.165) is 37.6 Å². The zero-order chi connectivity index (χ0) is 14.8. The van der Waals surface area contributed by atoms with Crippen molar-refractivity contribution in [1.29, 1.82) is 0 Å². The summed E-state index contributed by atoms with van der Waals surface area (Å²) in [5.74, 6) is 2.37. The van der Waals surface area contributed by atoms with Crippen LogP contribution in [0.15, 0.2) is 12.2 Å². The number of carbonyl (C=O) groups excluding carboxylic acids is 1. The number of rotatable bonds is 7. The zero-order valence-corrected chi connectivity index (χ0v) is 13.7. The first-order valence-electron chi connectivity index (χ1n) is 8.40. The summed E-state index contributed by atoms with van der Waals surface area (Å²) in [6, 6.07) is 0. The van der Waals surface area contributed by atoms with Crippen molar-refractivity contribution in [2.24, 2.45) is 17.8 Å². The molecular formula is C18H31NO. The highest BCUT2D eigenvalue weighted by atomic mass is 16.2. The van der Waals surface area contributed by atoms with E-state index in [-0.39, 0.29) is 5.54 Å². The van der Waals surface area contributed by atoms with Crippen LogP contribution in [0.4, 0.5) is 0 Å². The average Bonchev–Trinajstić information content (AvgIpc) is 3.24. The van der Waals surface area contributed by atoms with E-state index in [1.165, 1.54) is 19.3 Å². The van der Waals surface area contributed by atoms with Gasteiger partial charge in [-0.1, -0.05) is 19.1 Å². The Morgan fingerprint density at radius 1 is 1.20 bits per heavy atom. The lowest BCUT2D eigenvalue weighted by Gasteiger charge is -2.36. The predicted molar refractivity (Wildman–Crippen MR) is 84.5 cm³/mol. The summed E-state index contributed by atoms with van der Waals surface area (Å²) in [5.41, 5.74) is -0.0189. The SMILES string of the molecule is CCC=CCCC1CC1CN(C(=O)C1CC1)C(C)(C)C. The molecule has 2 aliphatic carbocycles. The molecule has 2 fully saturated rings. The zero-order valence-electron chi connectivity index (χ0n) is 13.7. The predicted octanol–water partition coefficient (Wildman–Crippen LogP) is 4.41. The Labute approximate surface area is 124 Å². The second-order valence-electron chi connectivity index (χ2n) is 7.61. The second-order valence-corrected chi connectivity index (χ2v) is 7.61. The summed E-state index contributed by atoms with van der Waals surface area (Å²) in [6.07, 6.45) is 11.8. The van der Waals surface area contributed by atoms with Gasteiger partial charge in [0.1, 0.15) is 0 Å². The van der Waals surface area contributed by atoms with Gasteiger partial charge < -0.3 is 4.90 Å².